The van der Waals surface area contributed by atoms with Crippen LogP contribution in [0.4, 0.5) is 0 Å². The third kappa shape index (κ3) is 4.12. The Morgan fingerprint density at radius 1 is 0.829 bits per heavy atom. The van der Waals surface area contributed by atoms with Crippen LogP contribution in [-0.4, -0.2) is 46.8 Å². The molecule has 182 valence electrons. The van der Waals surface area contributed by atoms with E-state index in [4.69, 9.17) is 28.4 Å². The first-order valence-corrected chi connectivity index (χ1v) is 10.9. The van der Waals surface area contributed by atoms with E-state index in [-0.39, 0.29) is 24.5 Å². The number of fused-ring (bicyclic) bond motifs is 1. The van der Waals surface area contributed by atoms with Crippen molar-refractivity contribution < 1.29 is 38.0 Å². The van der Waals surface area contributed by atoms with E-state index in [1.165, 1.54) is 28.4 Å². The number of hydrogen-bond acceptors (Lipinski definition) is 8. The maximum absolute atomic E-state index is 14.0. The topological polar surface area (TPSA) is 89.5 Å². The Balaban J connectivity index is 1.95. The number of hydrogen-bond donors (Lipinski definition) is 0. The van der Waals surface area contributed by atoms with Crippen LogP contribution >= 0.6 is 0 Å². The van der Waals surface area contributed by atoms with E-state index in [1.54, 1.807) is 30.3 Å². The highest BCUT2D eigenvalue weighted by molar-refractivity contribution is 6.15. The molecule has 8 nitrogen and oxygen atoms in total. The minimum atomic E-state index is -1.88. The van der Waals surface area contributed by atoms with E-state index in [1.807, 2.05) is 30.3 Å². The molecule has 1 atom stereocenters. The Morgan fingerprint density at radius 3 is 2.17 bits per heavy atom. The highest BCUT2D eigenvalue weighted by Crippen LogP contribution is 2.50. The minimum absolute atomic E-state index is 0.0172. The van der Waals surface area contributed by atoms with Gasteiger partial charge in [0.25, 0.3) is 0 Å². The molecule has 0 aliphatic carbocycles. The van der Waals surface area contributed by atoms with E-state index < -0.39 is 17.2 Å². The second-order valence-electron chi connectivity index (χ2n) is 7.79. The molecule has 35 heavy (non-hydrogen) atoms. The van der Waals surface area contributed by atoms with Crippen molar-refractivity contribution in [2.24, 2.45) is 0 Å². The zero-order valence-electron chi connectivity index (χ0n) is 20.0. The number of rotatable bonds is 8. The van der Waals surface area contributed by atoms with Crippen LogP contribution in [0.3, 0.4) is 0 Å². The molecule has 1 unspecified atom stereocenters. The fraction of sp³-hybridized carbons (Fsp3) is 0.259. The summed E-state index contributed by atoms with van der Waals surface area (Å²) in [4.78, 5) is 27.7. The van der Waals surface area contributed by atoms with Gasteiger partial charge in [0, 0.05) is 23.3 Å². The monoisotopic (exact) mass is 478 g/mol. The average Bonchev–Trinajstić information content (AvgIpc) is 2.91. The molecule has 0 radical (unpaired) electrons. The molecular weight excluding hydrogens is 452 g/mol. The first kappa shape index (κ1) is 23.9. The van der Waals surface area contributed by atoms with Gasteiger partial charge in [-0.15, -0.1) is 0 Å². The summed E-state index contributed by atoms with van der Waals surface area (Å²) in [6, 6.07) is 17.3. The third-order valence-electron chi connectivity index (χ3n) is 6.00. The van der Waals surface area contributed by atoms with E-state index >= 15 is 0 Å². The van der Waals surface area contributed by atoms with Crippen molar-refractivity contribution in [3.05, 3.63) is 77.4 Å². The van der Waals surface area contributed by atoms with Crippen molar-refractivity contribution in [2.45, 2.75) is 12.0 Å². The molecule has 0 spiro atoms. The summed E-state index contributed by atoms with van der Waals surface area (Å²) in [7, 11) is 5.94. The molecule has 8 heteroatoms. The van der Waals surface area contributed by atoms with Gasteiger partial charge < -0.3 is 28.4 Å². The number of esters is 1. The predicted molar refractivity (Wildman–Crippen MR) is 127 cm³/mol. The first-order chi connectivity index (χ1) is 17.0. The highest BCUT2D eigenvalue weighted by Gasteiger charge is 2.56. The Kier molecular flexibility index (Phi) is 6.82. The lowest BCUT2D eigenvalue weighted by atomic mass is 9.69. The Bertz CT molecular complexity index is 1240. The molecule has 3 aromatic rings. The van der Waals surface area contributed by atoms with Gasteiger partial charge in [0.15, 0.2) is 22.7 Å². The molecular formula is C27H26O8. The molecule has 4 rings (SSSR count). The number of benzene rings is 3. The Morgan fingerprint density at radius 2 is 1.51 bits per heavy atom. The predicted octanol–water partition coefficient (Wildman–Crippen LogP) is 3.71. The standard InChI is InChI=1S/C27H26O8/c1-30-18-10-11-19(21(12-18)31-2)27(26(29)35-15-17-8-6-5-7-9-17)20-13-23(32-3)24(33-4)14-22(20)34-16-25(27)28/h5-14H,15-16H2,1-4H3. The van der Waals surface area contributed by atoms with E-state index in [9.17, 15) is 9.59 Å². The van der Waals surface area contributed by atoms with Crippen LogP contribution < -0.4 is 23.7 Å². The van der Waals surface area contributed by atoms with Crippen molar-refractivity contribution >= 4 is 11.8 Å². The summed E-state index contributed by atoms with van der Waals surface area (Å²) in [5, 5.41) is 0. The molecule has 0 fully saturated rings. The lowest BCUT2D eigenvalue weighted by molar-refractivity contribution is -0.155. The van der Waals surface area contributed by atoms with Crippen molar-refractivity contribution in [1.29, 1.82) is 0 Å². The fourth-order valence-corrected chi connectivity index (χ4v) is 4.24. The molecule has 1 aliphatic heterocycles. The van der Waals surface area contributed by atoms with E-state index in [2.05, 4.69) is 0 Å². The van der Waals surface area contributed by atoms with E-state index in [0.717, 1.165) is 5.56 Å². The smallest absolute Gasteiger partial charge is 0.329 e. The van der Waals surface area contributed by atoms with Gasteiger partial charge in [-0.1, -0.05) is 30.3 Å². The van der Waals surface area contributed by atoms with Crippen LogP contribution in [0, 0.1) is 0 Å². The number of ether oxygens (including phenoxy) is 6. The number of carbonyl (C=O) groups is 2. The zero-order valence-corrected chi connectivity index (χ0v) is 20.0. The van der Waals surface area contributed by atoms with Crippen molar-refractivity contribution in [2.75, 3.05) is 35.0 Å². The first-order valence-electron chi connectivity index (χ1n) is 10.9. The Hall–Kier alpha value is -4.20. The van der Waals surface area contributed by atoms with Gasteiger partial charge in [-0.2, -0.15) is 0 Å². The lowest BCUT2D eigenvalue weighted by Gasteiger charge is -2.36. The van der Waals surface area contributed by atoms with Gasteiger partial charge in [0.05, 0.1) is 28.4 Å². The molecule has 1 aliphatic rings. The van der Waals surface area contributed by atoms with Crippen LogP contribution in [0.15, 0.2) is 60.7 Å². The summed E-state index contributed by atoms with van der Waals surface area (Å²) in [5.74, 6) is 0.565. The van der Waals surface area contributed by atoms with Gasteiger partial charge in [0.1, 0.15) is 30.5 Å². The highest BCUT2D eigenvalue weighted by atomic mass is 16.5. The van der Waals surface area contributed by atoms with Gasteiger partial charge in [-0.05, 0) is 23.8 Å². The van der Waals surface area contributed by atoms with Crippen LogP contribution in [0.2, 0.25) is 0 Å². The number of carbonyl (C=O) groups excluding carboxylic acids is 2. The number of Topliss-reactive ketones (excluding diaryl/α,β-unsaturated/α-hetero) is 1. The van der Waals surface area contributed by atoms with Crippen molar-refractivity contribution in [1.82, 2.24) is 0 Å². The van der Waals surface area contributed by atoms with Gasteiger partial charge >= 0.3 is 5.97 Å². The van der Waals surface area contributed by atoms with Crippen LogP contribution in [-0.2, 0) is 26.3 Å². The fourth-order valence-electron chi connectivity index (χ4n) is 4.24. The van der Waals surface area contributed by atoms with Gasteiger partial charge in [-0.25, -0.2) is 0 Å². The van der Waals surface area contributed by atoms with Crippen molar-refractivity contribution in [3.63, 3.8) is 0 Å². The summed E-state index contributed by atoms with van der Waals surface area (Å²) in [6.07, 6.45) is 0. The molecule has 0 amide bonds. The summed E-state index contributed by atoms with van der Waals surface area (Å²) in [6.45, 7) is -0.366. The van der Waals surface area contributed by atoms with Crippen LogP contribution in [0.25, 0.3) is 0 Å². The second-order valence-corrected chi connectivity index (χ2v) is 7.79. The SMILES string of the molecule is COc1ccc(C2(C(=O)OCc3ccccc3)C(=O)COc3cc(OC)c(OC)cc32)c(OC)c1. The maximum atomic E-state index is 14.0. The van der Waals surface area contributed by atoms with Crippen LogP contribution in [0.5, 0.6) is 28.7 Å². The molecule has 0 aromatic heterocycles. The Labute approximate surface area is 203 Å². The van der Waals surface area contributed by atoms with Crippen molar-refractivity contribution in [3.8, 4) is 28.7 Å². The van der Waals surface area contributed by atoms with Gasteiger partial charge in [-0.3, -0.25) is 9.59 Å². The minimum Gasteiger partial charge on any atom is -0.497 e. The zero-order chi connectivity index (χ0) is 25.0. The molecule has 0 saturated heterocycles. The molecule has 3 aromatic carbocycles. The lowest BCUT2D eigenvalue weighted by Crippen LogP contribution is -2.51. The molecule has 0 bridgehead atoms. The average molecular weight is 478 g/mol. The molecule has 1 heterocycles. The maximum Gasteiger partial charge on any atom is 0.329 e. The second kappa shape index (κ2) is 9.97. The number of ketones is 1. The molecule has 0 saturated carbocycles. The third-order valence-corrected chi connectivity index (χ3v) is 6.00. The summed E-state index contributed by atoms with van der Waals surface area (Å²) in [5.41, 5.74) is -0.516. The van der Waals surface area contributed by atoms with E-state index in [0.29, 0.717) is 28.6 Å². The summed E-state index contributed by atoms with van der Waals surface area (Å²) >= 11 is 0. The largest absolute Gasteiger partial charge is 0.497 e. The number of methoxy groups -OCH3 is 4. The van der Waals surface area contributed by atoms with Crippen LogP contribution in [0.1, 0.15) is 16.7 Å². The molecule has 0 N–H and O–H groups in total. The summed E-state index contributed by atoms with van der Waals surface area (Å²) < 4.78 is 33.3. The normalized spacial score (nSPS) is 16.5. The quantitative estimate of drug-likeness (QED) is 0.358. The van der Waals surface area contributed by atoms with Gasteiger partial charge in [0.2, 0.25) is 0 Å².